The number of hydrogen-bond acceptors (Lipinski definition) is 4. The highest BCUT2D eigenvalue weighted by Gasteiger charge is 2.12. The van der Waals surface area contributed by atoms with Crippen LogP contribution in [0.2, 0.25) is 0 Å². The Morgan fingerprint density at radius 2 is 2.11 bits per heavy atom. The standard InChI is InChI=1S/C11H17N3O3S/c1-7-8(2)18-10(12-7)13-11(17)14(3)6-4-5-9(15)16/h4-6H2,1-3H3,(H,15,16)(H,12,13,17). The van der Waals surface area contributed by atoms with Crippen molar-refractivity contribution in [2.45, 2.75) is 26.7 Å². The number of aliphatic carboxylic acids is 1. The van der Waals surface area contributed by atoms with Gasteiger partial charge in [0.05, 0.1) is 5.69 Å². The van der Waals surface area contributed by atoms with Gasteiger partial charge >= 0.3 is 12.0 Å². The van der Waals surface area contributed by atoms with Crippen molar-refractivity contribution in [3.63, 3.8) is 0 Å². The maximum absolute atomic E-state index is 11.7. The van der Waals surface area contributed by atoms with Gasteiger partial charge in [0.2, 0.25) is 0 Å². The average molecular weight is 271 g/mol. The summed E-state index contributed by atoms with van der Waals surface area (Å²) < 4.78 is 0. The van der Waals surface area contributed by atoms with Crippen molar-refractivity contribution in [2.75, 3.05) is 18.9 Å². The molecule has 0 saturated carbocycles. The van der Waals surface area contributed by atoms with Gasteiger partial charge in [0.25, 0.3) is 0 Å². The van der Waals surface area contributed by atoms with Crippen molar-refractivity contribution >= 4 is 28.5 Å². The van der Waals surface area contributed by atoms with Gasteiger partial charge in [-0.1, -0.05) is 0 Å². The van der Waals surface area contributed by atoms with Crippen LogP contribution >= 0.6 is 11.3 Å². The lowest BCUT2D eigenvalue weighted by Gasteiger charge is -2.16. The SMILES string of the molecule is Cc1nc(NC(=O)N(C)CCCC(=O)O)sc1C. The van der Waals surface area contributed by atoms with E-state index in [1.807, 2.05) is 13.8 Å². The Morgan fingerprint density at radius 1 is 1.44 bits per heavy atom. The number of hydrogen-bond donors (Lipinski definition) is 2. The summed E-state index contributed by atoms with van der Waals surface area (Å²) >= 11 is 1.42. The van der Waals surface area contributed by atoms with Crippen LogP contribution in [0, 0.1) is 13.8 Å². The highest BCUT2D eigenvalue weighted by atomic mass is 32.1. The van der Waals surface area contributed by atoms with Crippen molar-refractivity contribution in [3.8, 4) is 0 Å². The highest BCUT2D eigenvalue weighted by Crippen LogP contribution is 2.21. The molecule has 1 heterocycles. The Balaban J connectivity index is 2.42. The van der Waals surface area contributed by atoms with Crippen LogP contribution in [0.15, 0.2) is 0 Å². The second-order valence-electron chi connectivity index (χ2n) is 4.01. The maximum Gasteiger partial charge on any atom is 0.323 e. The van der Waals surface area contributed by atoms with Gasteiger partial charge in [0.15, 0.2) is 5.13 Å². The number of rotatable bonds is 5. The average Bonchev–Trinajstić information content (AvgIpc) is 2.57. The number of amides is 2. The number of nitrogens with one attached hydrogen (secondary N) is 1. The zero-order valence-corrected chi connectivity index (χ0v) is 11.5. The first-order chi connectivity index (χ1) is 8.40. The van der Waals surface area contributed by atoms with Crippen LogP contribution in [0.25, 0.3) is 0 Å². The molecule has 6 nitrogen and oxygen atoms in total. The maximum atomic E-state index is 11.7. The van der Waals surface area contributed by atoms with E-state index in [1.165, 1.54) is 16.2 Å². The molecule has 0 aliphatic heterocycles. The molecule has 100 valence electrons. The van der Waals surface area contributed by atoms with Crippen molar-refractivity contribution in [1.82, 2.24) is 9.88 Å². The molecule has 0 aromatic carbocycles. The molecule has 0 spiro atoms. The normalized spacial score (nSPS) is 10.2. The number of anilines is 1. The quantitative estimate of drug-likeness (QED) is 0.859. The summed E-state index contributed by atoms with van der Waals surface area (Å²) in [6, 6.07) is -0.269. The number of aromatic nitrogens is 1. The van der Waals surface area contributed by atoms with Crippen molar-refractivity contribution < 1.29 is 14.7 Å². The second kappa shape index (κ2) is 6.34. The van der Waals surface area contributed by atoms with Crippen LogP contribution in [0.4, 0.5) is 9.93 Å². The number of aryl methyl sites for hydroxylation is 2. The molecule has 0 unspecified atom stereocenters. The van der Waals surface area contributed by atoms with Gasteiger partial charge in [-0.15, -0.1) is 11.3 Å². The zero-order valence-electron chi connectivity index (χ0n) is 10.7. The number of carbonyl (C=O) groups is 2. The van der Waals surface area contributed by atoms with E-state index in [0.717, 1.165) is 10.6 Å². The van der Waals surface area contributed by atoms with Crippen LogP contribution in [-0.2, 0) is 4.79 Å². The first-order valence-corrected chi connectivity index (χ1v) is 6.39. The number of nitrogens with zero attached hydrogens (tertiary/aromatic N) is 2. The molecule has 2 amide bonds. The first kappa shape index (κ1) is 14.4. The van der Waals surface area contributed by atoms with E-state index in [1.54, 1.807) is 7.05 Å². The van der Waals surface area contributed by atoms with E-state index >= 15 is 0 Å². The fourth-order valence-corrected chi connectivity index (χ4v) is 2.09. The number of carbonyl (C=O) groups excluding carboxylic acids is 1. The second-order valence-corrected chi connectivity index (χ2v) is 5.21. The molecule has 0 aliphatic carbocycles. The largest absolute Gasteiger partial charge is 0.481 e. The summed E-state index contributed by atoms with van der Waals surface area (Å²) in [7, 11) is 1.63. The molecule has 0 saturated heterocycles. The molecule has 1 aromatic rings. The lowest BCUT2D eigenvalue weighted by molar-refractivity contribution is -0.137. The third kappa shape index (κ3) is 4.33. The minimum Gasteiger partial charge on any atom is -0.481 e. The van der Waals surface area contributed by atoms with Gasteiger partial charge in [0.1, 0.15) is 0 Å². The van der Waals surface area contributed by atoms with Crippen LogP contribution in [0.3, 0.4) is 0 Å². The van der Waals surface area contributed by atoms with E-state index in [4.69, 9.17) is 5.11 Å². The van der Waals surface area contributed by atoms with Gasteiger partial charge in [-0.2, -0.15) is 0 Å². The summed E-state index contributed by atoms with van der Waals surface area (Å²) in [6.45, 7) is 4.23. The van der Waals surface area contributed by atoms with E-state index < -0.39 is 5.97 Å². The van der Waals surface area contributed by atoms with Crippen LogP contribution in [-0.4, -0.2) is 40.6 Å². The molecule has 0 bridgehead atoms. The molecule has 0 aliphatic rings. The van der Waals surface area contributed by atoms with E-state index in [2.05, 4.69) is 10.3 Å². The molecule has 7 heteroatoms. The first-order valence-electron chi connectivity index (χ1n) is 5.58. The zero-order chi connectivity index (χ0) is 13.7. The minimum absolute atomic E-state index is 0.0626. The van der Waals surface area contributed by atoms with Gasteiger partial charge in [-0.25, -0.2) is 9.78 Å². The van der Waals surface area contributed by atoms with Crippen molar-refractivity contribution in [2.24, 2.45) is 0 Å². The van der Waals surface area contributed by atoms with Crippen LogP contribution in [0.1, 0.15) is 23.4 Å². The molecular weight excluding hydrogens is 254 g/mol. The van der Waals surface area contributed by atoms with E-state index in [0.29, 0.717) is 18.1 Å². The van der Waals surface area contributed by atoms with Gasteiger partial charge in [-0.3, -0.25) is 10.1 Å². The molecule has 0 atom stereocenters. The summed E-state index contributed by atoms with van der Waals surface area (Å²) in [5.41, 5.74) is 0.906. The minimum atomic E-state index is -0.852. The van der Waals surface area contributed by atoms with Crippen LogP contribution in [0.5, 0.6) is 0 Å². The molecule has 0 radical (unpaired) electrons. The lowest BCUT2D eigenvalue weighted by Crippen LogP contribution is -2.32. The predicted molar refractivity (Wildman–Crippen MR) is 70.1 cm³/mol. The Bertz CT molecular complexity index is 425. The monoisotopic (exact) mass is 271 g/mol. The number of carboxylic acids is 1. The third-order valence-electron chi connectivity index (χ3n) is 2.47. The number of carboxylic acid groups (broad SMARTS) is 1. The summed E-state index contributed by atoms with van der Waals surface area (Å²) in [5, 5.41) is 11.8. The van der Waals surface area contributed by atoms with Gasteiger partial charge in [0, 0.05) is 24.9 Å². The van der Waals surface area contributed by atoms with E-state index in [-0.39, 0.29) is 12.5 Å². The topological polar surface area (TPSA) is 82.5 Å². The number of thiazole rings is 1. The molecular formula is C11H17N3O3S. The molecule has 1 aromatic heterocycles. The van der Waals surface area contributed by atoms with Crippen LogP contribution < -0.4 is 5.32 Å². The molecule has 1 rings (SSSR count). The Kier molecular flexibility index (Phi) is 5.08. The fraction of sp³-hybridized carbons (Fsp3) is 0.545. The Labute approximate surface area is 110 Å². The summed E-state index contributed by atoms with van der Waals surface area (Å²) in [5.74, 6) is -0.852. The lowest BCUT2D eigenvalue weighted by atomic mass is 10.3. The highest BCUT2D eigenvalue weighted by molar-refractivity contribution is 7.15. The van der Waals surface area contributed by atoms with Gasteiger partial charge < -0.3 is 10.0 Å². The Morgan fingerprint density at radius 3 is 2.61 bits per heavy atom. The molecule has 18 heavy (non-hydrogen) atoms. The fourth-order valence-electron chi connectivity index (χ4n) is 1.28. The predicted octanol–water partition coefficient (Wildman–Crippen LogP) is 2.09. The number of urea groups is 1. The van der Waals surface area contributed by atoms with Gasteiger partial charge in [-0.05, 0) is 20.3 Å². The van der Waals surface area contributed by atoms with Crippen molar-refractivity contribution in [1.29, 1.82) is 0 Å². The molecule has 0 fully saturated rings. The third-order valence-corrected chi connectivity index (χ3v) is 3.46. The summed E-state index contributed by atoms with van der Waals surface area (Å²) in [6.07, 6.45) is 0.502. The summed E-state index contributed by atoms with van der Waals surface area (Å²) in [4.78, 5) is 28.8. The van der Waals surface area contributed by atoms with E-state index in [9.17, 15) is 9.59 Å². The smallest absolute Gasteiger partial charge is 0.323 e. The Hall–Kier alpha value is -1.63. The molecule has 2 N–H and O–H groups in total. The van der Waals surface area contributed by atoms with Crippen molar-refractivity contribution in [3.05, 3.63) is 10.6 Å².